The molecule has 6 heteroatoms. The second-order valence-corrected chi connectivity index (χ2v) is 7.21. The highest BCUT2D eigenvalue weighted by molar-refractivity contribution is 5.94. The van der Waals surface area contributed by atoms with Gasteiger partial charge in [-0.2, -0.15) is 0 Å². The number of piperidine rings is 1. The van der Waals surface area contributed by atoms with Crippen molar-refractivity contribution in [1.29, 1.82) is 0 Å². The molecule has 1 fully saturated rings. The lowest BCUT2D eigenvalue weighted by molar-refractivity contribution is 0.0706. The normalized spacial score (nSPS) is 16.4. The van der Waals surface area contributed by atoms with Gasteiger partial charge in [-0.15, -0.1) is 0 Å². The third kappa shape index (κ3) is 4.06. The molecule has 148 valence electrons. The molecule has 0 aliphatic carbocycles. The van der Waals surface area contributed by atoms with Crippen molar-refractivity contribution in [2.45, 2.75) is 18.8 Å². The Morgan fingerprint density at radius 1 is 1.14 bits per heavy atom. The number of hydrogen-bond acceptors (Lipinski definition) is 5. The minimum Gasteiger partial charge on any atom is -0.497 e. The van der Waals surface area contributed by atoms with Crippen LogP contribution in [0.3, 0.4) is 0 Å². The van der Waals surface area contributed by atoms with Crippen LogP contribution < -0.4 is 10.5 Å². The number of nitrogens with zero attached hydrogens (tertiary/aromatic N) is 3. The molecule has 2 heterocycles. The van der Waals surface area contributed by atoms with Crippen molar-refractivity contribution in [2.75, 3.05) is 25.9 Å². The number of nitrogen functional groups attached to an aromatic ring is 1. The average Bonchev–Trinajstić information content (AvgIpc) is 2.79. The quantitative estimate of drug-likeness (QED) is 0.736. The molecule has 3 aromatic rings. The summed E-state index contributed by atoms with van der Waals surface area (Å²) in [4.78, 5) is 23.6. The van der Waals surface area contributed by atoms with Gasteiger partial charge in [0.2, 0.25) is 5.95 Å². The van der Waals surface area contributed by atoms with Gasteiger partial charge in [0, 0.05) is 36.3 Å². The van der Waals surface area contributed by atoms with E-state index < -0.39 is 0 Å². The van der Waals surface area contributed by atoms with Crippen LogP contribution in [0.1, 0.15) is 34.8 Å². The molecule has 0 unspecified atom stereocenters. The zero-order chi connectivity index (χ0) is 20.2. The summed E-state index contributed by atoms with van der Waals surface area (Å²) in [6, 6.07) is 17.2. The molecule has 1 amide bonds. The summed E-state index contributed by atoms with van der Waals surface area (Å²) < 4.78 is 5.26. The Balaban J connectivity index is 1.63. The third-order valence-electron chi connectivity index (χ3n) is 5.35. The first-order valence-corrected chi connectivity index (χ1v) is 9.77. The fraction of sp³-hybridized carbons (Fsp3) is 0.261. The van der Waals surface area contributed by atoms with Crippen LogP contribution in [-0.4, -0.2) is 41.0 Å². The number of carbonyl (C=O) groups is 1. The molecule has 1 aliphatic rings. The Bertz CT molecular complexity index is 990. The van der Waals surface area contributed by atoms with E-state index in [1.54, 1.807) is 13.3 Å². The van der Waals surface area contributed by atoms with E-state index in [2.05, 4.69) is 9.97 Å². The van der Waals surface area contributed by atoms with Gasteiger partial charge in [0.1, 0.15) is 5.75 Å². The maximum Gasteiger partial charge on any atom is 0.253 e. The van der Waals surface area contributed by atoms with Crippen molar-refractivity contribution in [3.8, 4) is 16.9 Å². The molecule has 4 rings (SSSR count). The Kier molecular flexibility index (Phi) is 5.42. The van der Waals surface area contributed by atoms with Crippen LogP contribution in [0.5, 0.6) is 5.75 Å². The van der Waals surface area contributed by atoms with Crippen LogP contribution in [0.2, 0.25) is 0 Å². The summed E-state index contributed by atoms with van der Waals surface area (Å²) in [5, 5.41) is 0. The Hall–Kier alpha value is -3.41. The van der Waals surface area contributed by atoms with E-state index in [0.29, 0.717) is 12.1 Å². The number of ether oxygens (including phenoxy) is 1. The number of carbonyl (C=O) groups excluding carboxylic acids is 1. The van der Waals surface area contributed by atoms with Crippen LogP contribution in [0.25, 0.3) is 11.1 Å². The van der Waals surface area contributed by atoms with Crippen molar-refractivity contribution in [2.24, 2.45) is 0 Å². The number of anilines is 1. The first-order valence-electron chi connectivity index (χ1n) is 9.77. The number of benzene rings is 2. The van der Waals surface area contributed by atoms with E-state index in [9.17, 15) is 4.79 Å². The topological polar surface area (TPSA) is 81.3 Å². The van der Waals surface area contributed by atoms with Gasteiger partial charge in [0.25, 0.3) is 5.91 Å². The molecule has 0 bridgehead atoms. The molecule has 1 atom stereocenters. The number of amides is 1. The lowest BCUT2D eigenvalue weighted by Crippen LogP contribution is -2.39. The Morgan fingerprint density at radius 3 is 2.62 bits per heavy atom. The van der Waals surface area contributed by atoms with Gasteiger partial charge in [-0.05, 0) is 42.7 Å². The van der Waals surface area contributed by atoms with E-state index in [1.165, 1.54) is 0 Å². The first kappa shape index (κ1) is 18.9. The van der Waals surface area contributed by atoms with Crippen LogP contribution in [0, 0.1) is 0 Å². The molecule has 1 aliphatic heterocycles. The van der Waals surface area contributed by atoms with Crippen LogP contribution >= 0.6 is 0 Å². The van der Waals surface area contributed by atoms with E-state index in [-0.39, 0.29) is 17.8 Å². The third-order valence-corrected chi connectivity index (χ3v) is 5.35. The lowest BCUT2D eigenvalue weighted by Gasteiger charge is -2.33. The van der Waals surface area contributed by atoms with Crippen molar-refractivity contribution < 1.29 is 9.53 Å². The maximum absolute atomic E-state index is 12.9. The highest BCUT2D eigenvalue weighted by Gasteiger charge is 2.28. The molecule has 1 saturated heterocycles. The molecule has 0 radical (unpaired) electrons. The van der Waals surface area contributed by atoms with Crippen LogP contribution in [0.4, 0.5) is 5.95 Å². The summed E-state index contributed by atoms with van der Waals surface area (Å²) in [5.74, 6) is 1.22. The average molecular weight is 388 g/mol. The number of methoxy groups -OCH3 is 1. The van der Waals surface area contributed by atoms with Crippen molar-refractivity contribution in [3.63, 3.8) is 0 Å². The number of rotatable bonds is 4. The fourth-order valence-corrected chi connectivity index (χ4v) is 3.86. The monoisotopic (exact) mass is 388 g/mol. The van der Waals surface area contributed by atoms with Gasteiger partial charge in [-0.25, -0.2) is 9.97 Å². The minimum atomic E-state index is 0.0586. The van der Waals surface area contributed by atoms with Crippen molar-refractivity contribution in [1.82, 2.24) is 14.9 Å². The van der Waals surface area contributed by atoms with E-state index >= 15 is 0 Å². The largest absolute Gasteiger partial charge is 0.497 e. The van der Waals surface area contributed by atoms with Gasteiger partial charge < -0.3 is 15.4 Å². The molecule has 6 nitrogen and oxygen atoms in total. The lowest BCUT2D eigenvalue weighted by atomic mass is 9.89. The summed E-state index contributed by atoms with van der Waals surface area (Å²) in [6.07, 6.45) is 3.66. The van der Waals surface area contributed by atoms with Gasteiger partial charge in [0.15, 0.2) is 0 Å². The molecule has 1 aromatic heterocycles. The fourth-order valence-electron chi connectivity index (χ4n) is 3.86. The highest BCUT2D eigenvalue weighted by atomic mass is 16.5. The summed E-state index contributed by atoms with van der Waals surface area (Å²) in [7, 11) is 1.65. The SMILES string of the molecule is COc1ccc(-c2cnc(N)nc2[C@@H]2CCCN(C(=O)c3ccccc3)C2)cc1. The molecule has 2 N–H and O–H groups in total. The number of likely N-dealkylation sites (tertiary alicyclic amines) is 1. The molecule has 0 spiro atoms. The predicted octanol–water partition coefficient (Wildman–Crippen LogP) is 3.75. The predicted molar refractivity (Wildman–Crippen MR) is 113 cm³/mol. The highest BCUT2D eigenvalue weighted by Crippen LogP contribution is 2.34. The van der Waals surface area contributed by atoms with Gasteiger partial charge in [-0.1, -0.05) is 30.3 Å². The van der Waals surface area contributed by atoms with Crippen LogP contribution in [0.15, 0.2) is 60.8 Å². The zero-order valence-corrected chi connectivity index (χ0v) is 16.4. The van der Waals surface area contributed by atoms with Crippen molar-refractivity contribution in [3.05, 3.63) is 72.1 Å². The molecular weight excluding hydrogens is 364 g/mol. The molecule has 0 saturated carbocycles. The number of aromatic nitrogens is 2. The minimum absolute atomic E-state index is 0.0586. The standard InChI is InChI=1S/C23H24N4O2/c1-29-19-11-9-16(10-12-19)20-14-25-23(24)26-21(20)18-8-5-13-27(15-18)22(28)17-6-3-2-4-7-17/h2-4,6-7,9-12,14,18H,5,8,13,15H2,1H3,(H2,24,25,26)/t18-/m1/s1. The second kappa shape index (κ2) is 8.31. The molecular formula is C23H24N4O2. The first-order chi connectivity index (χ1) is 14.2. The van der Waals surface area contributed by atoms with Gasteiger partial charge in [0.05, 0.1) is 12.8 Å². The van der Waals surface area contributed by atoms with Gasteiger partial charge >= 0.3 is 0 Å². The van der Waals surface area contributed by atoms with E-state index in [1.807, 2.05) is 59.5 Å². The van der Waals surface area contributed by atoms with E-state index in [0.717, 1.165) is 42.0 Å². The number of nitrogens with two attached hydrogens (primary N) is 1. The van der Waals surface area contributed by atoms with Gasteiger partial charge in [-0.3, -0.25) is 4.79 Å². The Morgan fingerprint density at radius 2 is 1.90 bits per heavy atom. The maximum atomic E-state index is 12.9. The van der Waals surface area contributed by atoms with Crippen LogP contribution in [-0.2, 0) is 0 Å². The zero-order valence-electron chi connectivity index (χ0n) is 16.4. The number of hydrogen-bond donors (Lipinski definition) is 1. The second-order valence-electron chi connectivity index (χ2n) is 7.21. The molecule has 2 aromatic carbocycles. The Labute approximate surface area is 170 Å². The summed E-state index contributed by atoms with van der Waals surface area (Å²) >= 11 is 0. The van der Waals surface area contributed by atoms with Crippen molar-refractivity contribution >= 4 is 11.9 Å². The molecule has 29 heavy (non-hydrogen) atoms. The van der Waals surface area contributed by atoms with E-state index in [4.69, 9.17) is 10.5 Å². The summed E-state index contributed by atoms with van der Waals surface area (Å²) in [6.45, 7) is 1.37. The summed E-state index contributed by atoms with van der Waals surface area (Å²) in [5.41, 5.74) is 9.48. The smallest absolute Gasteiger partial charge is 0.253 e.